The average molecular weight is 367 g/mol. The van der Waals surface area contributed by atoms with Crippen LogP contribution in [-0.2, 0) is 11.3 Å². The van der Waals surface area contributed by atoms with Crippen molar-refractivity contribution in [2.24, 2.45) is 0 Å². The van der Waals surface area contributed by atoms with Crippen LogP contribution in [0.15, 0.2) is 39.7 Å². The molecule has 22 heavy (non-hydrogen) atoms. The summed E-state index contributed by atoms with van der Waals surface area (Å²) in [4.78, 5) is 23.9. The molecule has 118 valence electrons. The SMILES string of the molecule is CC(C)(C)OC(=O)NCCn1ccc2cc(Br)ccc2c1=O. The maximum Gasteiger partial charge on any atom is 0.407 e. The molecule has 0 saturated carbocycles. The first-order chi connectivity index (χ1) is 10.3. The number of amides is 1. The lowest BCUT2D eigenvalue weighted by Gasteiger charge is -2.19. The number of rotatable bonds is 3. The largest absolute Gasteiger partial charge is 0.444 e. The Hall–Kier alpha value is -1.82. The lowest BCUT2D eigenvalue weighted by atomic mass is 10.2. The van der Waals surface area contributed by atoms with Crippen LogP contribution < -0.4 is 10.9 Å². The van der Waals surface area contributed by atoms with E-state index in [1.54, 1.807) is 37.6 Å². The number of hydrogen-bond donors (Lipinski definition) is 1. The van der Waals surface area contributed by atoms with Gasteiger partial charge in [-0.1, -0.05) is 15.9 Å². The number of alkyl carbamates (subject to hydrolysis) is 1. The minimum absolute atomic E-state index is 0.0732. The zero-order chi connectivity index (χ0) is 16.3. The normalized spacial score (nSPS) is 11.5. The van der Waals surface area contributed by atoms with Crippen molar-refractivity contribution in [3.05, 3.63) is 45.3 Å². The molecule has 1 heterocycles. The van der Waals surface area contributed by atoms with Crippen LogP contribution in [0.25, 0.3) is 10.8 Å². The second-order valence-corrected chi connectivity index (χ2v) is 6.89. The lowest BCUT2D eigenvalue weighted by Crippen LogP contribution is -2.35. The number of aromatic nitrogens is 1. The minimum atomic E-state index is -0.530. The topological polar surface area (TPSA) is 60.3 Å². The molecule has 0 spiro atoms. The van der Waals surface area contributed by atoms with E-state index >= 15 is 0 Å². The molecule has 0 fully saturated rings. The molecule has 0 aliphatic rings. The van der Waals surface area contributed by atoms with Gasteiger partial charge in [0.05, 0.1) is 0 Å². The van der Waals surface area contributed by atoms with Gasteiger partial charge in [-0.25, -0.2) is 4.79 Å². The molecule has 2 rings (SSSR count). The summed E-state index contributed by atoms with van der Waals surface area (Å²) >= 11 is 3.39. The second kappa shape index (κ2) is 6.52. The van der Waals surface area contributed by atoms with Crippen molar-refractivity contribution in [2.45, 2.75) is 32.9 Å². The first-order valence-electron chi connectivity index (χ1n) is 7.02. The van der Waals surface area contributed by atoms with Gasteiger partial charge in [-0.2, -0.15) is 0 Å². The van der Waals surface area contributed by atoms with Gasteiger partial charge in [0.25, 0.3) is 5.56 Å². The van der Waals surface area contributed by atoms with E-state index in [1.165, 1.54) is 0 Å². The summed E-state index contributed by atoms with van der Waals surface area (Å²) in [6.45, 7) is 6.14. The first kappa shape index (κ1) is 16.5. The lowest BCUT2D eigenvalue weighted by molar-refractivity contribution is 0.0526. The highest BCUT2D eigenvalue weighted by Crippen LogP contribution is 2.16. The Morgan fingerprint density at radius 1 is 1.32 bits per heavy atom. The van der Waals surface area contributed by atoms with Gasteiger partial charge in [0, 0.05) is 29.1 Å². The smallest absolute Gasteiger partial charge is 0.407 e. The number of carbonyl (C=O) groups excluding carboxylic acids is 1. The Balaban J connectivity index is 2.04. The molecule has 1 aromatic heterocycles. The third-order valence-electron chi connectivity index (χ3n) is 2.96. The predicted octanol–water partition coefficient (Wildman–Crippen LogP) is 3.29. The molecule has 2 aromatic rings. The van der Waals surface area contributed by atoms with Crippen molar-refractivity contribution in [3.63, 3.8) is 0 Å². The van der Waals surface area contributed by atoms with E-state index in [-0.39, 0.29) is 5.56 Å². The fourth-order valence-electron chi connectivity index (χ4n) is 2.03. The second-order valence-electron chi connectivity index (χ2n) is 5.97. The van der Waals surface area contributed by atoms with Crippen molar-refractivity contribution in [1.29, 1.82) is 0 Å². The molecular formula is C16H19BrN2O3. The number of hydrogen-bond acceptors (Lipinski definition) is 3. The Bertz CT molecular complexity index is 747. The van der Waals surface area contributed by atoms with Crippen LogP contribution in [-0.4, -0.2) is 22.8 Å². The van der Waals surface area contributed by atoms with Crippen molar-refractivity contribution in [1.82, 2.24) is 9.88 Å². The molecule has 0 saturated heterocycles. The fourth-order valence-corrected chi connectivity index (χ4v) is 2.41. The van der Waals surface area contributed by atoms with E-state index in [4.69, 9.17) is 4.74 Å². The van der Waals surface area contributed by atoms with Gasteiger partial charge in [0.15, 0.2) is 0 Å². The molecular weight excluding hydrogens is 348 g/mol. The predicted molar refractivity (Wildman–Crippen MR) is 90.1 cm³/mol. The van der Waals surface area contributed by atoms with Crippen LogP contribution in [0.1, 0.15) is 20.8 Å². The third kappa shape index (κ3) is 4.34. The van der Waals surface area contributed by atoms with Gasteiger partial charge in [0.2, 0.25) is 0 Å². The number of fused-ring (bicyclic) bond motifs is 1. The standard InChI is InChI=1S/C16H19BrN2O3/c1-16(2,3)22-15(21)18-7-9-19-8-6-11-10-12(17)4-5-13(11)14(19)20/h4-6,8,10H,7,9H2,1-3H3,(H,18,21). The summed E-state index contributed by atoms with van der Waals surface area (Å²) in [5, 5.41) is 4.18. The molecule has 0 bridgehead atoms. The molecule has 0 unspecified atom stereocenters. The molecule has 1 N–H and O–H groups in total. The highest BCUT2D eigenvalue weighted by atomic mass is 79.9. The van der Waals surface area contributed by atoms with Crippen molar-refractivity contribution >= 4 is 32.8 Å². The zero-order valence-electron chi connectivity index (χ0n) is 12.9. The summed E-state index contributed by atoms with van der Waals surface area (Å²) < 4.78 is 7.66. The van der Waals surface area contributed by atoms with Crippen LogP contribution in [0.3, 0.4) is 0 Å². The number of benzene rings is 1. The van der Waals surface area contributed by atoms with E-state index in [1.807, 2.05) is 18.2 Å². The van der Waals surface area contributed by atoms with Crippen molar-refractivity contribution < 1.29 is 9.53 Å². The van der Waals surface area contributed by atoms with Crippen LogP contribution in [0, 0.1) is 0 Å². The summed E-state index contributed by atoms with van der Waals surface area (Å²) in [6.07, 6.45) is 1.25. The van der Waals surface area contributed by atoms with Gasteiger partial charge < -0.3 is 14.6 Å². The van der Waals surface area contributed by atoms with Crippen molar-refractivity contribution in [3.8, 4) is 0 Å². The minimum Gasteiger partial charge on any atom is -0.444 e. The summed E-state index contributed by atoms with van der Waals surface area (Å²) in [5.74, 6) is 0. The average Bonchev–Trinajstić information content (AvgIpc) is 2.39. The highest BCUT2D eigenvalue weighted by Gasteiger charge is 2.15. The quantitative estimate of drug-likeness (QED) is 0.906. The van der Waals surface area contributed by atoms with Gasteiger partial charge in [-0.05, 0) is 50.4 Å². The van der Waals surface area contributed by atoms with Crippen LogP contribution in [0.5, 0.6) is 0 Å². The van der Waals surface area contributed by atoms with Crippen molar-refractivity contribution in [2.75, 3.05) is 6.54 Å². The van der Waals surface area contributed by atoms with Crippen LogP contribution in [0.2, 0.25) is 0 Å². The Morgan fingerprint density at radius 3 is 2.73 bits per heavy atom. The molecule has 0 aliphatic heterocycles. The van der Waals surface area contributed by atoms with Gasteiger partial charge in [-0.15, -0.1) is 0 Å². The Morgan fingerprint density at radius 2 is 2.05 bits per heavy atom. The molecule has 5 nitrogen and oxygen atoms in total. The molecule has 0 radical (unpaired) electrons. The van der Waals surface area contributed by atoms with E-state index < -0.39 is 11.7 Å². The molecule has 6 heteroatoms. The number of carbonyl (C=O) groups is 1. The van der Waals surface area contributed by atoms with E-state index in [2.05, 4.69) is 21.2 Å². The monoisotopic (exact) mass is 366 g/mol. The fraction of sp³-hybridized carbons (Fsp3) is 0.375. The number of nitrogens with one attached hydrogen (secondary N) is 1. The van der Waals surface area contributed by atoms with E-state index in [0.29, 0.717) is 18.5 Å². The molecule has 1 amide bonds. The summed E-state index contributed by atoms with van der Waals surface area (Å²) in [6, 6.07) is 7.42. The van der Waals surface area contributed by atoms with E-state index in [0.717, 1.165) is 9.86 Å². The Kier molecular flexibility index (Phi) is 4.90. The summed E-state index contributed by atoms with van der Waals surface area (Å²) in [7, 11) is 0. The molecule has 0 aliphatic carbocycles. The number of ether oxygens (including phenoxy) is 1. The highest BCUT2D eigenvalue weighted by molar-refractivity contribution is 9.10. The maximum absolute atomic E-state index is 12.3. The Labute approximate surface area is 137 Å². The third-order valence-corrected chi connectivity index (χ3v) is 3.45. The van der Waals surface area contributed by atoms with Gasteiger partial charge in [0.1, 0.15) is 5.60 Å². The first-order valence-corrected chi connectivity index (χ1v) is 7.81. The number of pyridine rings is 1. The molecule has 0 atom stereocenters. The summed E-state index contributed by atoms with van der Waals surface area (Å²) in [5.41, 5.74) is -0.604. The number of halogens is 1. The maximum atomic E-state index is 12.3. The van der Waals surface area contributed by atoms with Gasteiger partial charge >= 0.3 is 6.09 Å². The van der Waals surface area contributed by atoms with Crippen LogP contribution in [0.4, 0.5) is 4.79 Å². The molecule has 1 aromatic carbocycles. The van der Waals surface area contributed by atoms with E-state index in [9.17, 15) is 9.59 Å². The van der Waals surface area contributed by atoms with Crippen LogP contribution >= 0.6 is 15.9 Å². The zero-order valence-corrected chi connectivity index (χ0v) is 14.4. The van der Waals surface area contributed by atoms with Gasteiger partial charge in [-0.3, -0.25) is 4.79 Å². The number of nitrogens with zero attached hydrogens (tertiary/aromatic N) is 1.